The standard InChI is InChI=1S/C32H32N2O5/c1-37-31(38-2)21-28(35)29(30(36)24-13-12-20-33-22-24)34(31)23-39-32(25-14-6-3-7-15-25,26-16-8-4-9-17-26)27-18-10-5-11-19-27/h3-20,22,28-29,35H,21,23H2,1-2H3. The maximum Gasteiger partial charge on any atom is 0.234 e. The number of aliphatic hydroxyl groups is 1. The van der Waals surface area contributed by atoms with Crippen LogP contribution in [-0.4, -0.2) is 59.8 Å². The van der Waals surface area contributed by atoms with Gasteiger partial charge in [-0.3, -0.25) is 9.78 Å². The molecule has 1 aromatic heterocycles. The lowest BCUT2D eigenvalue weighted by molar-refractivity contribution is -0.302. The number of aromatic nitrogens is 1. The number of ether oxygens (including phenoxy) is 3. The van der Waals surface area contributed by atoms with Crippen molar-refractivity contribution in [1.29, 1.82) is 0 Å². The largest absolute Gasteiger partial charge is 0.391 e. The summed E-state index contributed by atoms with van der Waals surface area (Å²) in [4.78, 5) is 19.5. The molecule has 0 radical (unpaired) electrons. The molecule has 0 spiro atoms. The summed E-state index contributed by atoms with van der Waals surface area (Å²) in [6.07, 6.45) is 2.11. The van der Waals surface area contributed by atoms with E-state index in [0.717, 1.165) is 16.7 Å². The second-order valence-corrected chi connectivity index (χ2v) is 9.47. The predicted octanol–water partition coefficient (Wildman–Crippen LogP) is 4.61. The van der Waals surface area contributed by atoms with E-state index in [0.29, 0.717) is 5.56 Å². The third-order valence-electron chi connectivity index (χ3n) is 7.42. The number of ketones is 1. The number of carbonyl (C=O) groups excluding carboxylic acids is 1. The van der Waals surface area contributed by atoms with Gasteiger partial charge in [0.15, 0.2) is 5.78 Å². The molecule has 5 rings (SSSR count). The van der Waals surface area contributed by atoms with Crippen LogP contribution in [0.4, 0.5) is 0 Å². The van der Waals surface area contributed by atoms with Crippen molar-refractivity contribution in [3.8, 4) is 0 Å². The molecule has 0 bridgehead atoms. The second kappa shape index (κ2) is 11.6. The van der Waals surface area contributed by atoms with Crippen LogP contribution >= 0.6 is 0 Å². The zero-order valence-electron chi connectivity index (χ0n) is 22.0. The minimum Gasteiger partial charge on any atom is -0.391 e. The Morgan fingerprint density at radius 2 is 1.38 bits per heavy atom. The van der Waals surface area contributed by atoms with Gasteiger partial charge in [0.25, 0.3) is 0 Å². The summed E-state index contributed by atoms with van der Waals surface area (Å²) in [6, 6.07) is 32.3. The summed E-state index contributed by atoms with van der Waals surface area (Å²) in [7, 11) is 3.00. The highest BCUT2D eigenvalue weighted by Crippen LogP contribution is 2.43. The molecule has 0 aliphatic carbocycles. The van der Waals surface area contributed by atoms with E-state index in [4.69, 9.17) is 14.2 Å². The van der Waals surface area contributed by atoms with E-state index >= 15 is 0 Å². The highest BCUT2D eigenvalue weighted by molar-refractivity contribution is 6.00. The maximum atomic E-state index is 13.7. The van der Waals surface area contributed by atoms with Crippen molar-refractivity contribution in [3.05, 3.63) is 138 Å². The molecule has 1 aliphatic heterocycles. The first-order valence-corrected chi connectivity index (χ1v) is 12.9. The number of carbonyl (C=O) groups is 1. The first-order chi connectivity index (χ1) is 19.1. The highest BCUT2D eigenvalue weighted by atomic mass is 16.7. The first kappa shape index (κ1) is 26.9. The van der Waals surface area contributed by atoms with Crippen molar-refractivity contribution in [2.24, 2.45) is 0 Å². The average Bonchev–Trinajstić information content (AvgIpc) is 3.30. The lowest BCUT2D eigenvalue weighted by atomic mass is 9.80. The van der Waals surface area contributed by atoms with E-state index in [1.807, 2.05) is 91.0 Å². The predicted molar refractivity (Wildman–Crippen MR) is 147 cm³/mol. The molecule has 7 heteroatoms. The molecule has 0 saturated carbocycles. The van der Waals surface area contributed by atoms with Gasteiger partial charge in [0.1, 0.15) is 18.4 Å². The number of benzene rings is 3. The minimum atomic E-state index is -1.38. The van der Waals surface area contributed by atoms with E-state index < -0.39 is 23.7 Å². The topological polar surface area (TPSA) is 81.1 Å². The van der Waals surface area contributed by atoms with Gasteiger partial charge in [0.2, 0.25) is 5.91 Å². The van der Waals surface area contributed by atoms with Crippen LogP contribution in [0.2, 0.25) is 0 Å². The number of nitrogens with zero attached hydrogens (tertiary/aromatic N) is 2. The molecule has 2 atom stereocenters. The molecule has 1 fully saturated rings. The number of rotatable bonds is 10. The number of hydrogen-bond acceptors (Lipinski definition) is 7. The summed E-state index contributed by atoms with van der Waals surface area (Å²) in [6.45, 7) is -0.0892. The van der Waals surface area contributed by atoms with Crippen LogP contribution in [-0.2, 0) is 19.8 Å². The Hall–Kier alpha value is -3.72. The van der Waals surface area contributed by atoms with Crippen LogP contribution < -0.4 is 0 Å². The van der Waals surface area contributed by atoms with Crippen molar-refractivity contribution in [1.82, 2.24) is 9.88 Å². The molecule has 200 valence electrons. The van der Waals surface area contributed by atoms with Gasteiger partial charge in [0, 0.05) is 38.6 Å². The maximum absolute atomic E-state index is 13.7. The average molecular weight is 525 g/mol. The Kier molecular flexibility index (Phi) is 7.97. The van der Waals surface area contributed by atoms with E-state index in [1.165, 1.54) is 20.4 Å². The molecule has 0 amide bonds. The third-order valence-corrected chi connectivity index (χ3v) is 7.42. The number of likely N-dealkylation sites (tertiary alicyclic amines) is 1. The summed E-state index contributed by atoms with van der Waals surface area (Å²) in [5.41, 5.74) is 2.09. The Morgan fingerprint density at radius 3 is 1.82 bits per heavy atom. The van der Waals surface area contributed by atoms with Crippen molar-refractivity contribution in [2.75, 3.05) is 21.0 Å². The normalized spacial score (nSPS) is 19.2. The first-order valence-electron chi connectivity index (χ1n) is 12.9. The second-order valence-electron chi connectivity index (χ2n) is 9.47. The summed E-state index contributed by atoms with van der Waals surface area (Å²) in [5, 5.41) is 11.2. The molecule has 2 heterocycles. The quantitative estimate of drug-likeness (QED) is 0.184. The Bertz CT molecular complexity index is 1250. The van der Waals surface area contributed by atoms with Crippen LogP contribution in [0.1, 0.15) is 33.5 Å². The molecule has 7 nitrogen and oxygen atoms in total. The monoisotopic (exact) mass is 524 g/mol. The zero-order valence-corrected chi connectivity index (χ0v) is 22.0. The molecular weight excluding hydrogens is 492 g/mol. The number of Topliss-reactive ketones (excluding diaryl/α,β-unsaturated/α-hetero) is 1. The molecule has 1 saturated heterocycles. The molecule has 1 N–H and O–H groups in total. The number of methoxy groups -OCH3 is 2. The Balaban J connectivity index is 1.63. The molecule has 3 aromatic carbocycles. The fourth-order valence-electron chi connectivity index (χ4n) is 5.51. The fraction of sp³-hybridized carbons (Fsp3) is 0.250. The molecule has 39 heavy (non-hydrogen) atoms. The van der Waals surface area contributed by atoms with Crippen LogP contribution in [0.15, 0.2) is 116 Å². The highest BCUT2D eigenvalue weighted by Gasteiger charge is 2.56. The smallest absolute Gasteiger partial charge is 0.234 e. The zero-order chi connectivity index (χ0) is 27.3. The van der Waals surface area contributed by atoms with E-state index in [9.17, 15) is 9.90 Å². The Labute approximate surface area is 228 Å². The van der Waals surface area contributed by atoms with Gasteiger partial charge < -0.3 is 19.3 Å². The number of aliphatic hydroxyl groups excluding tert-OH is 1. The molecular formula is C32H32N2O5. The van der Waals surface area contributed by atoms with Crippen LogP contribution in [0.3, 0.4) is 0 Å². The van der Waals surface area contributed by atoms with Crippen LogP contribution in [0.5, 0.6) is 0 Å². The van der Waals surface area contributed by atoms with Gasteiger partial charge in [-0.05, 0) is 28.8 Å². The molecule has 2 unspecified atom stereocenters. The van der Waals surface area contributed by atoms with Gasteiger partial charge in [0.05, 0.1) is 6.10 Å². The van der Waals surface area contributed by atoms with Gasteiger partial charge in [-0.15, -0.1) is 0 Å². The van der Waals surface area contributed by atoms with Crippen molar-refractivity contribution in [2.45, 2.75) is 30.1 Å². The lowest BCUT2D eigenvalue weighted by Gasteiger charge is -2.42. The number of hydrogen-bond donors (Lipinski definition) is 1. The van der Waals surface area contributed by atoms with Gasteiger partial charge in [-0.1, -0.05) is 91.0 Å². The van der Waals surface area contributed by atoms with E-state index in [1.54, 1.807) is 23.2 Å². The third kappa shape index (κ3) is 4.91. The van der Waals surface area contributed by atoms with Crippen molar-refractivity contribution in [3.63, 3.8) is 0 Å². The number of pyridine rings is 1. The molecule has 1 aliphatic rings. The van der Waals surface area contributed by atoms with E-state index in [-0.39, 0.29) is 18.9 Å². The molecule has 4 aromatic rings. The van der Waals surface area contributed by atoms with E-state index in [2.05, 4.69) is 4.98 Å². The van der Waals surface area contributed by atoms with Crippen molar-refractivity contribution < 1.29 is 24.1 Å². The fourth-order valence-corrected chi connectivity index (χ4v) is 5.51. The summed E-state index contributed by atoms with van der Waals surface area (Å²) in [5.74, 6) is -1.67. The minimum absolute atomic E-state index is 0.0645. The van der Waals surface area contributed by atoms with Gasteiger partial charge in [-0.2, -0.15) is 0 Å². The Morgan fingerprint density at radius 1 is 0.872 bits per heavy atom. The van der Waals surface area contributed by atoms with Crippen LogP contribution in [0, 0.1) is 0 Å². The van der Waals surface area contributed by atoms with Crippen LogP contribution in [0.25, 0.3) is 0 Å². The summed E-state index contributed by atoms with van der Waals surface area (Å²) < 4.78 is 18.6. The summed E-state index contributed by atoms with van der Waals surface area (Å²) >= 11 is 0. The van der Waals surface area contributed by atoms with Gasteiger partial charge >= 0.3 is 0 Å². The van der Waals surface area contributed by atoms with Gasteiger partial charge in [-0.25, -0.2) is 4.90 Å². The SMILES string of the molecule is COC1(OC)CC(O)C(C(=O)c2cccnc2)N1COC(c1ccccc1)(c1ccccc1)c1ccccc1. The van der Waals surface area contributed by atoms with Crippen molar-refractivity contribution >= 4 is 5.78 Å². The lowest BCUT2D eigenvalue weighted by Crippen LogP contribution is -2.55.